The minimum atomic E-state index is -0.110. The molecule has 0 unspecified atom stereocenters. The molecule has 1 atom stereocenters. The first-order chi connectivity index (χ1) is 12.2. The number of carbonyl (C=O) groups excluding carboxylic acids is 1. The first kappa shape index (κ1) is 18.6. The third-order valence-corrected chi connectivity index (χ3v) is 5.17. The van der Waals surface area contributed by atoms with Crippen LogP contribution in [0.2, 0.25) is 0 Å². The molecule has 1 aliphatic heterocycles. The first-order valence-electron chi connectivity index (χ1n) is 8.32. The standard InChI is InChI=1S/C18H19N5OS.ClH/c1-13-12-19-9-10-22(13)18(24)16-20-17(15-8-5-11-25-15)23(21-16)14-6-3-2-4-7-14;/h2-8,11,13,19H,9-10,12H2,1H3;1H/t13-;/m1./s1. The Morgan fingerprint density at radius 2 is 2.04 bits per heavy atom. The van der Waals surface area contributed by atoms with Crippen molar-refractivity contribution in [3.05, 3.63) is 53.7 Å². The fourth-order valence-corrected chi connectivity index (χ4v) is 3.69. The van der Waals surface area contributed by atoms with E-state index >= 15 is 0 Å². The van der Waals surface area contributed by atoms with Gasteiger partial charge in [0.15, 0.2) is 5.82 Å². The summed E-state index contributed by atoms with van der Waals surface area (Å²) in [6.45, 7) is 4.31. The molecule has 4 rings (SSSR count). The Bertz CT molecular complexity index is 865. The highest BCUT2D eigenvalue weighted by Gasteiger charge is 2.28. The molecule has 0 aliphatic carbocycles. The van der Waals surface area contributed by atoms with Crippen molar-refractivity contribution in [1.29, 1.82) is 0 Å². The van der Waals surface area contributed by atoms with Gasteiger partial charge in [-0.1, -0.05) is 24.3 Å². The maximum Gasteiger partial charge on any atom is 0.293 e. The zero-order valence-electron chi connectivity index (χ0n) is 14.3. The molecule has 1 fully saturated rings. The minimum absolute atomic E-state index is 0. The van der Waals surface area contributed by atoms with Gasteiger partial charge in [-0.3, -0.25) is 4.79 Å². The van der Waals surface area contributed by atoms with Gasteiger partial charge in [0.1, 0.15) is 0 Å². The second-order valence-electron chi connectivity index (χ2n) is 6.04. The zero-order chi connectivity index (χ0) is 17.2. The highest BCUT2D eigenvalue weighted by molar-refractivity contribution is 7.13. The predicted molar refractivity (Wildman–Crippen MR) is 105 cm³/mol. The van der Waals surface area contributed by atoms with Crippen LogP contribution in [0.5, 0.6) is 0 Å². The molecule has 8 heteroatoms. The lowest BCUT2D eigenvalue weighted by atomic mass is 10.2. The maximum atomic E-state index is 12.9. The first-order valence-corrected chi connectivity index (χ1v) is 9.20. The number of hydrogen-bond acceptors (Lipinski definition) is 5. The van der Waals surface area contributed by atoms with E-state index in [1.165, 1.54) is 0 Å². The summed E-state index contributed by atoms with van der Waals surface area (Å²) in [5.74, 6) is 0.842. The molecule has 1 aromatic carbocycles. The van der Waals surface area contributed by atoms with E-state index in [1.807, 2.05) is 59.7 Å². The number of hydrogen-bond donors (Lipinski definition) is 1. The summed E-state index contributed by atoms with van der Waals surface area (Å²) in [7, 11) is 0. The van der Waals surface area contributed by atoms with Crippen molar-refractivity contribution in [2.75, 3.05) is 19.6 Å². The van der Waals surface area contributed by atoms with E-state index in [4.69, 9.17) is 0 Å². The average Bonchev–Trinajstić information content (AvgIpc) is 3.32. The van der Waals surface area contributed by atoms with Crippen LogP contribution in [0.15, 0.2) is 47.8 Å². The number of amides is 1. The van der Waals surface area contributed by atoms with Gasteiger partial charge in [0, 0.05) is 25.7 Å². The van der Waals surface area contributed by atoms with Crippen LogP contribution in [0.1, 0.15) is 17.5 Å². The molecule has 0 radical (unpaired) electrons. The molecule has 2 aromatic heterocycles. The number of halogens is 1. The largest absolute Gasteiger partial charge is 0.331 e. The summed E-state index contributed by atoms with van der Waals surface area (Å²) >= 11 is 1.59. The fraction of sp³-hybridized carbons (Fsp3) is 0.278. The number of carbonyl (C=O) groups is 1. The van der Waals surface area contributed by atoms with Crippen molar-refractivity contribution in [3.63, 3.8) is 0 Å². The molecule has 26 heavy (non-hydrogen) atoms. The van der Waals surface area contributed by atoms with Crippen LogP contribution < -0.4 is 5.32 Å². The molecular formula is C18H20ClN5OS. The van der Waals surface area contributed by atoms with Gasteiger partial charge < -0.3 is 10.2 Å². The second-order valence-corrected chi connectivity index (χ2v) is 6.98. The molecule has 0 saturated carbocycles. The van der Waals surface area contributed by atoms with Crippen LogP contribution in [0.3, 0.4) is 0 Å². The van der Waals surface area contributed by atoms with Gasteiger partial charge in [-0.2, -0.15) is 0 Å². The topological polar surface area (TPSA) is 63.1 Å². The number of nitrogens with one attached hydrogen (secondary N) is 1. The van der Waals surface area contributed by atoms with Gasteiger partial charge >= 0.3 is 0 Å². The molecule has 0 spiro atoms. The summed E-state index contributed by atoms with van der Waals surface area (Å²) < 4.78 is 1.76. The minimum Gasteiger partial charge on any atom is -0.331 e. The Hall–Kier alpha value is -2.22. The number of thiophene rings is 1. The molecule has 1 amide bonds. The van der Waals surface area contributed by atoms with Crippen LogP contribution in [0.4, 0.5) is 0 Å². The molecule has 6 nitrogen and oxygen atoms in total. The average molecular weight is 390 g/mol. The van der Waals surface area contributed by atoms with Crippen molar-refractivity contribution in [3.8, 4) is 16.4 Å². The van der Waals surface area contributed by atoms with Gasteiger partial charge in [0.25, 0.3) is 5.91 Å². The van der Waals surface area contributed by atoms with E-state index in [0.29, 0.717) is 12.4 Å². The van der Waals surface area contributed by atoms with Crippen molar-refractivity contribution in [2.45, 2.75) is 13.0 Å². The van der Waals surface area contributed by atoms with E-state index in [0.717, 1.165) is 23.7 Å². The van der Waals surface area contributed by atoms with Crippen LogP contribution in [-0.2, 0) is 0 Å². The number of aromatic nitrogens is 3. The summed E-state index contributed by atoms with van der Waals surface area (Å²) in [4.78, 5) is 20.4. The van der Waals surface area contributed by atoms with Crippen molar-refractivity contribution in [2.24, 2.45) is 0 Å². The van der Waals surface area contributed by atoms with Gasteiger partial charge in [-0.05, 0) is 30.5 Å². The summed E-state index contributed by atoms with van der Waals surface area (Å²) in [5, 5.41) is 9.84. The monoisotopic (exact) mass is 389 g/mol. The van der Waals surface area contributed by atoms with Crippen LogP contribution >= 0.6 is 23.7 Å². The quantitative estimate of drug-likeness (QED) is 0.748. The molecule has 3 aromatic rings. The molecular weight excluding hydrogens is 370 g/mol. The number of nitrogens with zero attached hydrogens (tertiary/aromatic N) is 4. The van der Waals surface area contributed by atoms with Crippen molar-refractivity contribution in [1.82, 2.24) is 25.0 Å². The highest BCUT2D eigenvalue weighted by atomic mass is 35.5. The lowest BCUT2D eigenvalue weighted by molar-refractivity contribution is 0.0643. The van der Waals surface area contributed by atoms with Crippen LogP contribution in [-0.4, -0.2) is 51.2 Å². The predicted octanol–water partition coefficient (Wildman–Crippen LogP) is 2.85. The Balaban J connectivity index is 0.00000196. The van der Waals surface area contributed by atoms with E-state index < -0.39 is 0 Å². The fourth-order valence-electron chi connectivity index (χ4n) is 2.99. The van der Waals surface area contributed by atoms with E-state index in [-0.39, 0.29) is 30.2 Å². The smallest absolute Gasteiger partial charge is 0.293 e. The van der Waals surface area contributed by atoms with E-state index in [1.54, 1.807) is 16.0 Å². The van der Waals surface area contributed by atoms with Crippen molar-refractivity contribution >= 4 is 29.7 Å². The molecule has 1 aliphatic rings. The lowest BCUT2D eigenvalue weighted by Crippen LogP contribution is -2.52. The van der Waals surface area contributed by atoms with Gasteiger partial charge in [0.05, 0.1) is 10.6 Å². The number of para-hydroxylation sites is 1. The van der Waals surface area contributed by atoms with E-state index in [2.05, 4.69) is 15.4 Å². The van der Waals surface area contributed by atoms with Gasteiger partial charge in [-0.15, -0.1) is 28.8 Å². The number of piperazine rings is 1. The Morgan fingerprint density at radius 3 is 2.73 bits per heavy atom. The van der Waals surface area contributed by atoms with Crippen LogP contribution in [0, 0.1) is 0 Å². The molecule has 3 heterocycles. The SMILES string of the molecule is C[C@@H]1CNCCN1C(=O)c1nc(-c2cccs2)n(-c2ccccc2)n1.Cl. The van der Waals surface area contributed by atoms with Gasteiger partial charge in [-0.25, -0.2) is 9.67 Å². The third kappa shape index (κ3) is 3.51. The third-order valence-electron chi connectivity index (χ3n) is 4.30. The molecule has 1 N–H and O–H groups in total. The normalized spacial score (nSPS) is 17.0. The Morgan fingerprint density at radius 1 is 1.23 bits per heavy atom. The molecule has 0 bridgehead atoms. The lowest BCUT2D eigenvalue weighted by Gasteiger charge is -2.33. The molecule has 1 saturated heterocycles. The van der Waals surface area contributed by atoms with E-state index in [9.17, 15) is 4.79 Å². The Kier molecular flexibility index (Phi) is 5.70. The van der Waals surface area contributed by atoms with Gasteiger partial charge in [0.2, 0.25) is 5.82 Å². The second kappa shape index (κ2) is 7.99. The maximum absolute atomic E-state index is 12.9. The number of rotatable bonds is 3. The highest BCUT2D eigenvalue weighted by Crippen LogP contribution is 2.26. The summed E-state index contributed by atoms with van der Waals surface area (Å²) in [6, 6.07) is 13.9. The number of benzene rings is 1. The zero-order valence-corrected chi connectivity index (χ0v) is 16.0. The van der Waals surface area contributed by atoms with Crippen LogP contribution in [0.25, 0.3) is 16.4 Å². The Labute approximate surface area is 162 Å². The summed E-state index contributed by atoms with van der Waals surface area (Å²) in [5.41, 5.74) is 0.894. The molecule has 136 valence electrons. The van der Waals surface area contributed by atoms with Crippen molar-refractivity contribution < 1.29 is 4.79 Å². The summed E-state index contributed by atoms with van der Waals surface area (Å²) in [6.07, 6.45) is 0.